The summed E-state index contributed by atoms with van der Waals surface area (Å²) in [5, 5.41) is 9.71. The van der Waals surface area contributed by atoms with Gasteiger partial charge >= 0.3 is 0 Å². The van der Waals surface area contributed by atoms with Crippen molar-refractivity contribution in [3.63, 3.8) is 0 Å². The van der Waals surface area contributed by atoms with Gasteiger partial charge in [-0.1, -0.05) is 0 Å². The van der Waals surface area contributed by atoms with Crippen molar-refractivity contribution >= 4 is 0 Å². The van der Waals surface area contributed by atoms with Crippen molar-refractivity contribution in [2.45, 2.75) is 12.6 Å². The van der Waals surface area contributed by atoms with Gasteiger partial charge in [0.15, 0.2) is 0 Å². The molecule has 0 heterocycles. The molecule has 0 saturated carbocycles. The van der Waals surface area contributed by atoms with Crippen molar-refractivity contribution in [3.8, 4) is 0 Å². The summed E-state index contributed by atoms with van der Waals surface area (Å²) in [5.41, 5.74) is 25.9. The molecule has 0 aromatic heterocycles. The molecule has 8 nitrogen and oxygen atoms in total. The molecule has 0 aromatic carbocycles. The normalized spacial score (nSPS) is 10.4. The average molecular weight is 278 g/mol. The van der Waals surface area contributed by atoms with E-state index >= 15 is 0 Å². The van der Waals surface area contributed by atoms with Gasteiger partial charge in [0, 0.05) is 52.4 Å². The van der Waals surface area contributed by atoms with E-state index in [1.54, 1.807) is 0 Å². The quantitative estimate of drug-likeness (QED) is 0.133. The van der Waals surface area contributed by atoms with Crippen LogP contribution < -0.4 is 44.6 Å². The highest BCUT2D eigenvalue weighted by atomic mass is 15.0. The standard InChI is InChI=1S/C8H23N5.C3H11N3/c9-1-3-11-5-7-13-8-6-12-4-2-10;4-2-1-3(5)6/h11-13H,1-10H2;3H,1-2,4-6H2. The van der Waals surface area contributed by atoms with Crippen molar-refractivity contribution in [3.05, 3.63) is 0 Å². The Bertz CT molecular complexity index is 135. The Kier molecular flexibility index (Phi) is 22.1. The maximum atomic E-state index is 5.32. The zero-order valence-corrected chi connectivity index (χ0v) is 12.0. The molecule has 0 saturated heterocycles. The minimum Gasteiger partial charge on any atom is -0.330 e. The topological polar surface area (TPSA) is 166 Å². The summed E-state index contributed by atoms with van der Waals surface area (Å²) in [6.07, 6.45) is 0.481. The monoisotopic (exact) mass is 278 g/mol. The van der Waals surface area contributed by atoms with Gasteiger partial charge in [-0.2, -0.15) is 0 Å². The van der Waals surface area contributed by atoms with Crippen molar-refractivity contribution in [1.82, 2.24) is 16.0 Å². The third-order valence-electron chi connectivity index (χ3n) is 2.10. The maximum Gasteiger partial charge on any atom is 0.0533 e. The van der Waals surface area contributed by atoms with E-state index in [9.17, 15) is 0 Å². The molecular formula is C11H34N8. The Labute approximate surface area is 117 Å². The van der Waals surface area contributed by atoms with Gasteiger partial charge in [0.25, 0.3) is 0 Å². The lowest BCUT2D eigenvalue weighted by atomic mass is 10.4. The van der Waals surface area contributed by atoms with Gasteiger partial charge in [-0.3, -0.25) is 0 Å². The van der Waals surface area contributed by atoms with Crippen LogP contribution in [-0.2, 0) is 0 Å². The summed E-state index contributed by atoms with van der Waals surface area (Å²) >= 11 is 0. The van der Waals surface area contributed by atoms with E-state index < -0.39 is 0 Å². The lowest BCUT2D eigenvalue weighted by Gasteiger charge is -2.06. The van der Waals surface area contributed by atoms with Crippen LogP contribution in [-0.4, -0.2) is 65.1 Å². The Balaban J connectivity index is 0. The fourth-order valence-corrected chi connectivity index (χ4v) is 1.13. The molecule has 0 rings (SSSR count). The van der Waals surface area contributed by atoms with Gasteiger partial charge in [-0.25, -0.2) is 0 Å². The summed E-state index contributed by atoms with van der Waals surface area (Å²) in [4.78, 5) is 0. The third kappa shape index (κ3) is 27.0. The van der Waals surface area contributed by atoms with Crippen molar-refractivity contribution in [1.29, 1.82) is 0 Å². The number of hydrogen-bond donors (Lipinski definition) is 8. The van der Waals surface area contributed by atoms with Gasteiger partial charge in [0.05, 0.1) is 6.17 Å². The van der Waals surface area contributed by atoms with Crippen LogP contribution in [0.2, 0.25) is 0 Å². The molecule has 0 bridgehead atoms. The van der Waals surface area contributed by atoms with Crippen LogP contribution in [0.25, 0.3) is 0 Å². The van der Waals surface area contributed by atoms with Gasteiger partial charge in [-0.05, 0) is 13.0 Å². The molecule has 8 heteroatoms. The molecule has 0 aliphatic carbocycles. The first-order valence-corrected chi connectivity index (χ1v) is 6.92. The van der Waals surface area contributed by atoms with E-state index in [1.165, 1.54) is 0 Å². The summed E-state index contributed by atoms with van der Waals surface area (Å²) in [7, 11) is 0. The van der Waals surface area contributed by atoms with Crippen molar-refractivity contribution in [2.24, 2.45) is 28.7 Å². The zero-order valence-electron chi connectivity index (χ0n) is 12.0. The van der Waals surface area contributed by atoms with E-state index in [2.05, 4.69) is 16.0 Å². The van der Waals surface area contributed by atoms with Gasteiger partial charge in [0.2, 0.25) is 0 Å². The predicted octanol–water partition coefficient (Wildman–Crippen LogP) is -3.75. The largest absolute Gasteiger partial charge is 0.330 e. The van der Waals surface area contributed by atoms with Crippen LogP contribution in [0.4, 0.5) is 0 Å². The second-order valence-electron chi connectivity index (χ2n) is 4.07. The SMILES string of the molecule is NCCC(N)N.NCCNCCNCCNCCN. The molecule has 118 valence electrons. The Hall–Kier alpha value is -0.320. The second kappa shape index (κ2) is 20.0. The molecule has 0 aromatic rings. The first-order valence-electron chi connectivity index (χ1n) is 6.92. The summed E-state index contributed by atoms with van der Waals surface area (Å²) in [6.45, 7) is 7.73. The van der Waals surface area contributed by atoms with Crippen LogP contribution in [0.3, 0.4) is 0 Å². The number of nitrogens with two attached hydrogens (primary N) is 5. The van der Waals surface area contributed by atoms with E-state index in [1.807, 2.05) is 0 Å². The third-order valence-corrected chi connectivity index (χ3v) is 2.10. The second-order valence-corrected chi connectivity index (χ2v) is 4.07. The first-order chi connectivity index (χ1) is 9.18. The molecule has 0 spiro atoms. The molecule has 0 fully saturated rings. The van der Waals surface area contributed by atoms with Crippen molar-refractivity contribution < 1.29 is 0 Å². The molecule has 0 atom stereocenters. The summed E-state index contributed by atoms with van der Waals surface area (Å²) in [5.74, 6) is 0. The molecule has 0 radical (unpaired) electrons. The maximum absolute atomic E-state index is 5.32. The van der Waals surface area contributed by atoms with Crippen LogP contribution in [0.1, 0.15) is 6.42 Å². The highest BCUT2D eigenvalue weighted by molar-refractivity contribution is 4.55. The van der Waals surface area contributed by atoms with Crippen LogP contribution in [0.15, 0.2) is 0 Å². The first kappa shape index (κ1) is 21.0. The van der Waals surface area contributed by atoms with Crippen molar-refractivity contribution in [2.75, 3.05) is 58.9 Å². The summed E-state index contributed by atoms with van der Waals surface area (Å²) < 4.78 is 0. The molecular weight excluding hydrogens is 244 g/mol. The molecule has 0 amide bonds. The van der Waals surface area contributed by atoms with E-state index in [-0.39, 0.29) is 6.17 Å². The molecule has 13 N–H and O–H groups in total. The van der Waals surface area contributed by atoms with E-state index in [0.29, 0.717) is 26.1 Å². The van der Waals surface area contributed by atoms with Gasteiger partial charge in [-0.15, -0.1) is 0 Å². The lowest BCUT2D eigenvalue weighted by Crippen LogP contribution is -2.35. The summed E-state index contributed by atoms with van der Waals surface area (Å²) in [6, 6.07) is 0. The van der Waals surface area contributed by atoms with Crippen LogP contribution in [0, 0.1) is 0 Å². The van der Waals surface area contributed by atoms with Gasteiger partial charge in [0.1, 0.15) is 0 Å². The Morgan fingerprint density at radius 3 is 1.16 bits per heavy atom. The van der Waals surface area contributed by atoms with Crippen LogP contribution in [0.5, 0.6) is 0 Å². The minimum atomic E-state index is -0.227. The predicted molar refractivity (Wildman–Crippen MR) is 82.6 cm³/mol. The zero-order chi connectivity index (χ0) is 14.8. The molecule has 0 unspecified atom stereocenters. The average Bonchev–Trinajstić information content (AvgIpc) is 2.37. The Morgan fingerprint density at radius 1 is 0.579 bits per heavy atom. The minimum absolute atomic E-state index is 0.227. The lowest BCUT2D eigenvalue weighted by molar-refractivity contribution is 0.586. The van der Waals surface area contributed by atoms with Gasteiger partial charge < -0.3 is 44.6 Å². The molecule has 0 aliphatic rings. The fraction of sp³-hybridized carbons (Fsp3) is 1.00. The molecule has 0 aliphatic heterocycles. The highest BCUT2D eigenvalue weighted by Gasteiger charge is 1.87. The fourth-order valence-electron chi connectivity index (χ4n) is 1.13. The highest BCUT2D eigenvalue weighted by Crippen LogP contribution is 1.68. The van der Waals surface area contributed by atoms with Crippen LogP contribution >= 0.6 is 0 Å². The number of nitrogens with one attached hydrogen (secondary N) is 3. The molecule has 19 heavy (non-hydrogen) atoms. The Morgan fingerprint density at radius 2 is 0.947 bits per heavy atom. The smallest absolute Gasteiger partial charge is 0.0533 e. The van der Waals surface area contributed by atoms with E-state index in [0.717, 1.165) is 39.3 Å². The van der Waals surface area contributed by atoms with E-state index in [4.69, 9.17) is 28.7 Å². The number of hydrogen-bond acceptors (Lipinski definition) is 8. The number of rotatable bonds is 12.